The fourth-order valence-corrected chi connectivity index (χ4v) is 1.82. The molecule has 4 nitrogen and oxygen atoms in total. The second-order valence-electron chi connectivity index (χ2n) is 3.41. The van der Waals surface area contributed by atoms with Gasteiger partial charge in [0, 0.05) is 32.4 Å². The summed E-state index contributed by atoms with van der Waals surface area (Å²) < 4.78 is 0. The molecule has 88 valence electrons. The van der Waals surface area contributed by atoms with Gasteiger partial charge in [-0.25, -0.2) is 4.98 Å². The van der Waals surface area contributed by atoms with Crippen molar-refractivity contribution in [2.24, 2.45) is 0 Å². The Morgan fingerprint density at radius 1 is 1.25 bits per heavy atom. The lowest BCUT2D eigenvalue weighted by atomic mass is 10.3. The van der Waals surface area contributed by atoms with Gasteiger partial charge in [-0.1, -0.05) is 6.07 Å². The van der Waals surface area contributed by atoms with E-state index in [4.69, 9.17) is 11.6 Å². The molecule has 0 aromatic carbocycles. The molecule has 2 rings (SSSR count). The SMILES string of the molecule is Cl.O=C(Cl)N1CCN(c2ccccn2)CC1. The number of nitrogens with zero attached hydrogens (tertiary/aromatic N) is 3. The Hall–Kier alpha value is -1.00. The number of rotatable bonds is 1. The molecule has 0 radical (unpaired) electrons. The van der Waals surface area contributed by atoms with E-state index in [1.54, 1.807) is 11.1 Å². The number of aromatic nitrogens is 1. The predicted molar refractivity (Wildman–Crippen MR) is 66.5 cm³/mol. The van der Waals surface area contributed by atoms with Crippen molar-refractivity contribution in [3.63, 3.8) is 0 Å². The van der Waals surface area contributed by atoms with E-state index >= 15 is 0 Å². The van der Waals surface area contributed by atoms with Gasteiger partial charge in [0.25, 0.3) is 0 Å². The molecule has 2 heterocycles. The van der Waals surface area contributed by atoms with Crippen molar-refractivity contribution >= 4 is 35.2 Å². The number of hydrogen-bond donors (Lipinski definition) is 0. The van der Waals surface area contributed by atoms with E-state index in [2.05, 4.69) is 9.88 Å². The first-order chi connectivity index (χ1) is 7.27. The Bertz CT molecular complexity index is 339. The first kappa shape index (κ1) is 13.1. The minimum absolute atomic E-state index is 0. The van der Waals surface area contributed by atoms with Gasteiger partial charge in [-0.05, 0) is 23.7 Å². The maximum atomic E-state index is 10.9. The number of carbonyl (C=O) groups is 1. The number of pyridine rings is 1. The summed E-state index contributed by atoms with van der Waals surface area (Å²) in [5.74, 6) is 0.958. The number of anilines is 1. The van der Waals surface area contributed by atoms with Crippen LogP contribution in [0.2, 0.25) is 0 Å². The average molecular weight is 262 g/mol. The largest absolute Gasteiger partial charge is 0.353 e. The highest BCUT2D eigenvalue weighted by atomic mass is 35.5. The first-order valence-electron chi connectivity index (χ1n) is 4.88. The summed E-state index contributed by atoms with van der Waals surface area (Å²) in [7, 11) is 0. The van der Waals surface area contributed by atoms with Crippen LogP contribution in [0.3, 0.4) is 0 Å². The lowest BCUT2D eigenvalue weighted by Gasteiger charge is -2.34. The monoisotopic (exact) mass is 261 g/mol. The van der Waals surface area contributed by atoms with E-state index in [-0.39, 0.29) is 17.8 Å². The van der Waals surface area contributed by atoms with Gasteiger partial charge in [0.2, 0.25) is 0 Å². The van der Waals surface area contributed by atoms with Crippen LogP contribution in [-0.4, -0.2) is 41.4 Å². The molecule has 0 saturated carbocycles. The lowest BCUT2D eigenvalue weighted by Crippen LogP contribution is -2.47. The zero-order valence-electron chi connectivity index (χ0n) is 8.67. The third-order valence-electron chi connectivity index (χ3n) is 2.50. The molecular formula is C10H13Cl2N3O. The van der Waals surface area contributed by atoms with Crippen molar-refractivity contribution < 1.29 is 4.79 Å². The van der Waals surface area contributed by atoms with E-state index in [1.165, 1.54) is 0 Å². The van der Waals surface area contributed by atoms with Crippen molar-refractivity contribution in [2.45, 2.75) is 0 Å². The summed E-state index contributed by atoms with van der Waals surface area (Å²) in [6, 6.07) is 5.82. The van der Waals surface area contributed by atoms with Crippen molar-refractivity contribution in [1.82, 2.24) is 9.88 Å². The maximum absolute atomic E-state index is 10.9. The minimum Gasteiger partial charge on any atom is -0.353 e. The molecule has 1 aromatic heterocycles. The molecule has 0 spiro atoms. The lowest BCUT2D eigenvalue weighted by molar-refractivity contribution is 0.218. The Kier molecular flexibility index (Phi) is 4.83. The Morgan fingerprint density at radius 2 is 1.94 bits per heavy atom. The van der Waals surface area contributed by atoms with Crippen molar-refractivity contribution in [3.8, 4) is 0 Å². The molecule has 1 aliphatic rings. The van der Waals surface area contributed by atoms with Crippen LogP contribution in [0.1, 0.15) is 0 Å². The molecule has 6 heteroatoms. The van der Waals surface area contributed by atoms with Gasteiger partial charge in [0.15, 0.2) is 0 Å². The second-order valence-corrected chi connectivity index (χ2v) is 3.74. The van der Waals surface area contributed by atoms with E-state index in [1.807, 2.05) is 18.2 Å². The van der Waals surface area contributed by atoms with Crippen LogP contribution in [0, 0.1) is 0 Å². The smallest absolute Gasteiger partial charge is 0.316 e. The van der Waals surface area contributed by atoms with Gasteiger partial charge in [0.1, 0.15) is 5.82 Å². The van der Waals surface area contributed by atoms with Crippen molar-refractivity contribution in [3.05, 3.63) is 24.4 Å². The highest BCUT2D eigenvalue weighted by Crippen LogP contribution is 2.13. The van der Waals surface area contributed by atoms with Crippen molar-refractivity contribution in [2.75, 3.05) is 31.1 Å². The molecule has 1 saturated heterocycles. The predicted octanol–water partition coefficient (Wildman–Crippen LogP) is 1.98. The molecule has 0 N–H and O–H groups in total. The van der Waals surface area contributed by atoms with Crippen LogP contribution in [0.25, 0.3) is 0 Å². The fraction of sp³-hybridized carbons (Fsp3) is 0.400. The van der Waals surface area contributed by atoms with Gasteiger partial charge < -0.3 is 9.80 Å². The summed E-state index contributed by atoms with van der Waals surface area (Å²) in [6.07, 6.45) is 1.77. The normalized spacial score (nSPS) is 15.6. The number of halogens is 2. The van der Waals surface area contributed by atoms with Crippen LogP contribution in [0.5, 0.6) is 0 Å². The number of piperazine rings is 1. The summed E-state index contributed by atoms with van der Waals surface area (Å²) in [5, 5.41) is -0.365. The quantitative estimate of drug-likeness (QED) is 0.573. The molecule has 16 heavy (non-hydrogen) atoms. The number of hydrogen-bond acceptors (Lipinski definition) is 3. The third-order valence-corrected chi connectivity index (χ3v) is 2.74. The maximum Gasteiger partial charge on any atom is 0.316 e. The molecule has 1 aliphatic heterocycles. The van der Waals surface area contributed by atoms with Gasteiger partial charge in [-0.15, -0.1) is 12.4 Å². The van der Waals surface area contributed by atoms with E-state index < -0.39 is 0 Å². The number of carbonyl (C=O) groups excluding carboxylic acids is 1. The molecule has 0 aliphatic carbocycles. The average Bonchev–Trinajstić information content (AvgIpc) is 2.30. The molecule has 0 bridgehead atoms. The van der Waals surface area contributed by atoms with Gasteiger partial charge in [-0.3, -0.25) is 4.79 Å². The standard InChI is InChI=1S/C10H12ClN3O.ClH/c11-10(15)14-7-5-13(6-8-14)9-3-1-2-4-12-9;/h1-4H,5-8H2;1H. The highest BCUT2D eigenvalue weighted by Gasteiger charge is 2.19. The van der Waals surface area contributed by atoms with Crippen LogP contribution in [0.15, 0.2) is 24.4 Å². The topological polar surface area (TPSA) is 36.4 Å². The molecule has 1 amide bonds. The fourth-order valence-electron chi connectivity index (χ4n) is 1.65. The van der Waals surface area contributed by atoms with Crippen LogP contribution in [-0.2, 0) is 0 Å². The van der Waals surface area contributed by atoms with E-state index in [9.17, 15) is 4.79 Å². The van der Waals surface area contributed by atoms with Gasteiger partial charge >= 0.3 is 5.37 Å². The summed E-state index contributed by atoms with van der Waals surface area (Å²) in [6.45, 7) is 2.91. The molecular weight excluding hydrogens is 249 g/mol. The second kappa shape index (κ2) is 5.92. The zero-order valence-corrected chi connectivity index (χ0v) is 10.2. The summed E-state index contributed by atoms with van der Waals surface area (Å²) >= 11 is 5.40. The first-order valence-corrected chi connectivity index (χ1v) is 5.25. The highest BCUT2D eigenvalue weighted by molar-refractivity contribution is 6.62. The number of amides is 1. The van der Waals surface area contributed by atoms with Gasteiger partial charge in [0.05, 0.1) is 0 Å². The minimum atomic E-state index is -0.365. The Balaban J connectivity index is 0.00000128. The zero-order chi connectivity index (χ0) is 10.7. The van der Waals surface area contributed by atoms with Crippen LogP contribution >= 0.6 is 24.0 Å². The molecule has 0 atom stereocenters. The molecule has 0 unspecified atom stereocenters. The Labute approximate surface area is 106 Å². The van der Waals surface area contributed by atoms with E-state index in [0.29, 0.717) is 13.1 Å². The summed E-state index contributed by atoms with van der Waals surface area (Å²) in [5.41, 5.74) is 0. The molecule has 1 fully saturated rings. The third kappa shape index (κ3) is 3.00. The van der Waals surface area contributed by atoms with E-state index in [0.717, 1.165) is 18.9 Å². The summed E-state index contributed by atoms with van der Waals surface area (Å²) in [4.78, 5) is 18.9. The van der Waals surface area contributed by atoms with Crippen LogP contribution in [0.4, 0.5) is 10.6 Å². The van der Waals surface area contributed by atoms with Gasteiger partial charge in [-0.2, -0.15) is 0 Å². The Morgan fingerprint density at radius 3 is 2.44 bits per heavy atom. The molecule has 1 aromatic rings. The van der Waals surface area contributed by atoms with Crippen molar-refractivity contribution in [1.29, 1.82) is 0 Å². The van der Waals surface area contributed by atoms with Crippen LogP contribution < -0.4 is 4.90 Å².